The Morgan fingerprint density at radius 2 is 2.16 bits per heavy atom. The summed E-state index contributed by atoms with van der Waals surface area (Å²) in [5.41, 5.74) is 8.95. The average molecular weight is 371 g/mol. The smallest absolute Gasteiger partial charge is 0.188 e. The van der Waals surface area contributed by atoms with Crippen molar-refractivity contribution in [1.82, 2.24) is 5.32 Å². The molecule has 2 aliphatic rings. The van der Waals surface area contributed by atoms with Crippen LogP contribution < -0.4 is 11.1 Å². The quantitative estimate of drug-likeness (QED) is 0.487. The SMILES string of the molecule is CC(C)CN=C(N)NC1C2Cc3ccccc3C21.I. The molecule has 3 atom stereocenters. The van der Waals surface area contributed by atoms with Gasteiger partial charge in [0.25, 0.3) is 0 Å². The van der Waals surface area contributed by atoms with Gasteiger partial charge in [-0.2, -0.15) is 0 Å². The number of nitrogens with two attached hydrogens (primary N) is 1. The number of nitrogens with one attached hydrogen (secondary N) is 1. The van der Waals surface area contributed by atoms with Gasteiger partial charge in [0.15, 0.2) is 5.96 Å². The molecular formula is C15H22IN3. The lowest BCUT2D eigenvalue weighted by Gasteiger charge is -2.10. The van der Waals surface area contributed by atoms with E-state index in [-0.39, 0.29) is 24.0 Å². The summed E-state index contributed by atoms with van der Waals surface area (Å²) in [6.45, 7) is 5.11. The predicted molar refractivity (Wildman–Crippen MR) is 90.0 cm³/mol. The van der Waals surface area contributed by atoms with E-state index in [0.29, 0.717) is 23.8 Å². The minimum absolute atomic E-state index is 0. The third-order valence-corrected chi connectivity index (χ3v) is 3.98. The van der Waals surface area contributed by atoms with E-state index in [1.807, 2.05) is 0 Å². The lowest BCUT2D eigenvalue weighted by atomic mass is 10.1. The summed E-state index contributed by atoms with van der Waals surface area (Å²) >= 11 is 0. The van der Waals surface area contributed by atoms with E-state index in [1.54, 1.807) is 0 Å². The van der Waals surface area contributed by atoms with E-state index >= 15 is 0 Å². The Hall–Kier alpha value is -0.780. The van der Waals surface area contributed by atoms with Crippen LogP contribution in [0, 0.1) is 11.8 Å². The molecule has 2 aliphatic carbocycles. The standard InChI is InChI=1S/C15H21N3.HI/c1-9(2)8-17-15(16)18-14-12-7-10-5-3-4-6-11(10)13(12)14;/h3-6,9,12-14H,7-8H2,1-2H3,(H3,16,17,18);1H. The fourth-order valence-corrected chi connectivity index (χ4v) is 3.05. The van der Waals surface area contributed by atoms with E-state index in [1.165, 1.54) is 17.5 Å². The molecule has 3 nitrogen and oxygen atoms in total. The van der Waals surface area contributed by atoms with E-state index in [9.17, 15) is 0 Å². The first-order valence-corrected chi connectivity index (χ1v) is 6.81. The number of halogens is 1. The highest BCUT2D eigenvalue weighted by atomic mass is 127. The van der Waals surface area contributed by atoms with E-state index < -0.39 is 0 Å². The van der Waals surface area contributed by atoms with Crippen LogP contribution in [0.5, 0.6) is 0 Å². The molecule has 0 aliphatic heterocycles. The largest absolute Gasteiger partial charge is 0.370 e. The molecule has 3 unspecified atom stereocenters. The van der Waals surface area contributed by atoms with Crippen LogP contribution in [0.1, 0.15) is 30.9 Å². The van der Waals surface area contributed by atoms with Crippen molar-refractivity contribution >= 4 is 29.9 Å². The van der Waals surface area contributed by atoms with Crippen molar-refractivity contribution < 1.29 is 0 Å². The topological polar surface area (TPSA) is 50.4 Å². The number of benzene rings is 1. The summed E-state index contributed by atoms with van der Waals surface area (Å²) < 4.78 is 0. The van der Waals surface area contributed by atoms with Gasteiger partial charge < -0.3 is 11.1 Å². The normalized spacial score (nSPS) is 27.5. The zero-order chi connectivity index (χ0) is 12.7. The van der Waals surface area contributed by atoms with Gasteiger partial charge >= 0.3 is 0 Å². The molecule has 0 radical (unpaired) electrons. The molecule has 1 aromatic carbocycles. The van der Waals surface area contributed by atoms with Gasteiger partial charge in [-0.25, -0.2) is 0 Å². The summed E-state index contributed by atoms with van der Waals surface area (Å²) in [5.74, 6) is 2.56. The second-order valence-corrected chi connectivity index (χ2v) is 5.88. The van der Waals surface area contributed by atoms with Gasteiger partial charge in [-0.05, 0) is 29.4 Å². The maximum absolute atomic E-state index is 5.93. The Morgan fingerprint density at radius 1 is 1.42 bits per heavy atom. The summed E-state index contributed by atoms with van der Waals surface area (Å²) in [5, 5.41) is 3.38. The average Bonchev–Trinajstić information content (AvgIpc) is 2.85. The van der Waals surface area contributed by atoms with E-state index in [2.05, 4.69) is 48.4 Å². The van der Waals surface area contributed by atoms with Gasteiger partial charge in [0.05, 0.1) is 0 Å². The minimum Gasteiger partial charge on any atom is -0.370 e. The molecule has 3 N–H and O–H groups in total. The Morgan fingerprint density at radius 3 is 2.89 bits per heavy atom. The van der Waals surface area contributed by atoms with Gasteiger partial charge in [0, 0.05) is 18.5 Å². The van der Waals surface area contributed by atoms with Crippen molar-refractivity contribution in [3.05, 3.63) is 35.4 Å². The van der Waals surface area contributed by atoms with Gasteiger partial charge in [-0.3, -0.25) is 4.99 Å². The molecule has 0 bridgehead atoms. The number of fused-ring (bicyclic) bond motifs is 3. The maximum Gasteiger partial charge on any atom is 0.188 e. The van der Waals surface area contributed by atoms with Crippen molar-refractivity contribution in [3.63, 3.8) is 0 Å². The second-order valence-electron chi connectivity index (χ2n) is 5.88. The number of hydrogen-bond donors (Lipinski definition) is 2. The Kier molecular flexibility index (Phi) is 4.38. The van der Waals surface area contributed by atoms with Crippen LogP contribution in [0.2, 0.25) is 0 Å². The van der Waals surface area contributed by atoms with E-state index in [4.69, 9.17) is 5.73 Å². The Bertz CT molecular complexity index is 484. The minimum atomic E-state index is 0. The molecule has 0 amide bonds. The second kappa shape index (κ2) is 5.69. The van der Waals surface area contributed by atoms with Gasteiger partial charge in [-0.15, -0.1) is 24.0 Å². The molecule has 4 heteroatoms. The summed E-state index contributed by atoms with van der Waals surface area (Å²) in [6, 6.07) is 9.27. The highest BCUT2D eigenvalue weighted by molar-refractivity contribution is 14.0. The number of hydrogen-bond acceptors (Lipinski definition) is 1. The van der Waals surface area contributed by atoms with Gasteiger partial charge in [0.1, 0.15) is 0 Å². The lowest BCUT2D eigenvalue weighted by molar-refractivity contribution is 0.658. The summed E-state index contributed by atoms with van der Waals surface area (Å²) in [6.07, 6.45) is 1.19. The molecule has 3 rings (SSSR count). The first-order chi connectivity index (χ1) is 8.66. The molecule has 0 spiro atoms. The van der Waals surface area contributed by atoms with Crippen molar-refractivity contribution in [1.29, 1.82) is 0 Å². The van der Waals surface area contributed by atoms with Crippen molar-refractivity contribution in [3.8, 4) is 0 Å². The molecule has 0 saturated heterocycles. The summed E-state index contributed by atoms with van der Waals surface area (Å²) in [4.78, 5) is 4.37. The number of rotatable bonds is 3. The molecule has 104 valence electrons. The van der Waals surface area contributed by atoms with Crippen molar-refractivity contribution in [2.75, 3.05) is 6.54 Å². The third-order valence-electron chi connectivity index (χ3n) is 3.98. The van der Waals surface area contributed by atoms with Crippen LogP contribution in [0.3, 0.4) is 0 Å². The summed E-state index contributed by atoms with van der Waals surface area (Å²) in [7, 11) is 0. The van der Waals surface area contributed by atoms with Crippen LogP contribution in [-0.4, -0.2) is 18.5 Å². The first kappa shape index (κ1) is 14.6. The zero-order valence-electron chi connectivity index (χ0n) is 11.5. The van der Waals surface area contributed by atoms with Crippen LogP contribution in [0.15, 0.2) is 29.3 Å². The number of guanidine groups is 1. The molecular weight excluding hydrogens is 349 g/mol. The molecule has 1 aromatic rings. The number of aliphatic imine (C=N–C) groups is 1. The molecule has 0 heterocycles. The molecule has 1 saturated carbocycles. The Labute approximate surface area is 132 Å². The molecule has 0 aromatic heterocycles. The third kappa shape index (κ3) is 2.88. The van der Waals surface area contributed by atoms with Crippen LogP contribution in [0.25, 0.3) is 0 Å². The fourth-order valence-electron chi connectivity index (χ4n) is 3.05. The number of nitrogens with zero attached hydrogens (tertiary/aromatic N) is 1. The highest BCUT2D eigenvalue weighted by Gasteiger charge is 2.55. The van der Waals surface area contributed by atoms with Gasteiger partial charge in [0.2, 0.25) is 0 Å². The van der Waals surface area contributed by atoms with Crippen LogP contribution >= 0.6 is 24.0 Å². The fraction of sp³-hybridized carbons (Fsp3) is 0.533. The monoisotopic (exact) mass is 371 g/mol. The maximum atomic E-state index is 5.93. The Balaban J connectivity index is 0.00000133. The highest BCUT2D eigenvalue weighted by Crippen LogP contribution is 2.56. The molecule has 1 fully saturated rings. The molecule has 19 heavy (non-hydrogen) atoms. The predicted octanol–water partition coefficient (Wildman–Crippen LogP) is 2.50. The van der Waals surface area contributed by atoms with Gasteiger partial charge in [-0.1, -0.05) is 38.1 Å². The van der Waals surface area contributed by atoms with Crippen molar-refractivity contribution in [2.24, 2.45) is 22.6 Å². The van der Waals surface area contributed by atoms with E-state index in [0.717, 1.165) is 12.5 Å². The lowest BCUT2D eigenvalue weighted by Crippen LogP contribution is -2.35. The first-order valence-electron chi connectivity index (χ1n) is 6.81. The van der Waals surface area contributed by atoms with Crippen molar-refractivity contribution in [2.45, 2.75) is 32.2 Å². The van der Waals surface area contributed by atoms with Crippen LogP contribution in [-0.2, 0) is 6.42 Å². The van der Waals surface area contributed by atoms with Crippen LogP contribution in [0.4, 0.5) is 0 Å². The zero-order valence-corrected chi connectivity index (χ0v) is 13.8.